The smallest absolute Gasteiger partial charge is 0.384 e. The monoisotopic (exact) mass is 241 g/mol. The molecule has 1 aliphatic heterocycles. The first-order valence-electron chi connectivity index (χ1n) is 5.65. The van der Waals surface area contributed by atoms with E-state index in [9.17, 15) is 13.2 Å². The quantitative estimate of drug-likeness (QED) is 0.782. The van der Waals surface area contributed by atoms with Crippen molar-refractivity contribution in [2.75, 3.05) is 0 Å². The minimum Gasteiger partial charge on any atom is -0.384 e. The van der Waals surface area contributed by atoms with Gasteiger partial charge < -0.3 is 5.32 Å². The molecule has 0 aliphatic carbocycles. The maximum absolute atomic E-state index is 12.4. The van der Waals surface area contributed by atoms with Crippen molar-refractivity contribution in [3.63, 3.8) is 0 Å². The minimum absolute atomic E-state index is 0.121. The normalized spacial score (nSPS) is 20.8. The first kappa shape index (κ1) is 12.0. The fourth-order valence-electron chi connectivity index (χ4n) is 1.96. The van der Waals surface area contributed by atoms with Gasteiger partial charge in [0.15, 0.2) is 0 Å². The maximum Gasteiger partial charge on any atom is 0.416 e. The third-order valence-electron chi connectivity index (χ3n) is 2.92. The summed E-state index contributed by atoms with van der Waals surface area (Å²) in [6, 6.07) is 5.52. The van der Waals surface area contributed by atoms with Crippen LogP contribution in [0.1, 0.15) is 36.4 Å². The second-order valence-electron chi connectivity index (χ2n) is 4.17. The molecule has 92 valence electrons. The molecule has 2 rings (SSSR count). The topological polar surface area (TPSA) is 12.0 Å². The van der Waals surface area contributed by atoms with E-state index in [0.29, 0.717) is 0 Å². The van der Waals surface area contributed by atoms with E-state index in [2.05, 4.69) is 5.32 Å². The summed E-state index contributed by atoms with van der Waals surface area (Å²) < 4.78 is 37.2. The summed E-state index contributed by atoms with van der Waals surface area (Å²) in [5.41, 5.74) is 0.315. The van der Waals surface area contributed by atoms with Crippen LogP contribution in [0.2, 0.25) is 0 Å². The van der Waals surface area contributed by atoms with Crippen LogP contribution >= 0.6 is 0 Å². The summed E-state index contributed by atoms with van der Waals surface area (Å²) in [5, 5.41) is 3.19. The van der Waals surface area contributed by atoms with E-state index >= 15 is 0 Å². The molecule has 0 aromatic heterocycles. The van der Waals surface area contributed by atoms with Gasteiger partial charge in [0.05, 0.1) is 11.6 Å². The molecule has 1 unspecified atom stereocenters. The zero-order chi connectivity index (χ0) is 12.3. The van der Waals surface area contributed by atoms with Crippen molar-refractivity contribution in [3.8, 4) is 0 Å². The lowest BCUT2D eigenvalue weighted by atomic mass is 10.0. The first-order valence-corrected chi connectivity index (χ1v) is 5.65. The number of nitrogens with one attached hydrogen (secondary N) is 1. The van der Waals surface area contributed by atoms with Crippen LogP contribution in [0.3, 0.4) is 0 Å². The molecular weight excluding hydrogens is 227 g/mol. The Balaban J connectivity index is 2.14. The van der Waals surface area contributed by atoms with Gasteiger partial charge in [-0.15, -0.1) is 0 Å². The molecule has 1 atom stereocenters. The average molecular weight is 241 g/mol. The largest absolute Gasteiger partial charge is 0.416 e. The van der Waals surface area contributed by atoms with Crippen molar-refractivity contribution in [3.05, 3.63) is 47.7 Å². The highest BCUT2D eigenvalue weighted by atomic mass is 19.4. The molecule has 0 radical (unpaired) electrons. The van der Waals surface area contributed by atoms with E-state index in [1.165, 1.54) is 0 Å². The number of rotatable bonds is 1. The predicted molar refractivity (Wildman–Crippen MR) is 60.3 cm³/mol. The van der Waals surface area contributed by atoms with Crippen molar-refractivity contribution in [1.29, 1.82) is 0 Å². The van der Waals surface area contributed by atoms with E-state index in [-0.39, 0.29) is 6.04 Å². The number of alkyl halides is 3. The van der Waals surface area contributed by atoms with E-state index in [0.717, 1.165) is 37.0 Å². The lowest BCUT2D eigenvalue weighted by Crippen LogP contribution is -2.14. The van der Waals surface area contributed by atoms with Crippen LogP contribution in [-0.2, 0) is 6.18 Å². The van der Waals surface area contributed by atoms with Gasteiger partial charge in [-0.25, -0.2) is 0 Å². The first-order chi connectivity index (χ1) is 8.07. The Bertz CT molecular complexity index is 392. The molecule has 4 heteroatoms. The molecule has 0 fully saturated rings. The SMILES string of the molecule is FC(F)(F)c1ccc(C2CCCC=CN2)cc1. The standard InChI is InChI=1S/C13H14F3N/c14-13(15,16)11-7-5-10(6-8-11)12-4-2-1-3-9-17-12/h3,5-9,12,17H,1-2,4H2. The van der Waals surface area contributed by atoms with Crippen LogP contribution in [0.4, 0.5) is 13.2 Å². The van der Waals surface area contributed by atoms with Gasteiger partial charge in [0, 0.05) is 0 Å². The highest BCUT2D eigenvalue weighted by molar-refractivity contribution is 5.27. The van der Waals surface area contributed by atoms with Crippen molar-refractivity contribution in [2.45, 2.75) is 31.5 Å². The highest BCUT2D eigenvalue weighted by Gasteiger charge is 2.30. The molecule has 17 heavy (non-hydrogen) atoms. The third kappa shape index (κ3) is 3.02. The fraction of sp³-hybridized carbons (Fsp3) is 0.385. The van der Waals surface area contributed by atoms with Crippen LogP contribution in [0.5, 0.6) is 0 Å². The van der Waals surface area contributed by atoms with Crippen LogP contribution in [0, 0.1) is 0 Å². The number of hydrogen-bond donors (Lipinski definition) is 1. The van der Waals surface area contributed by atoms with Gasteiger partial charge in [-0.3, -0.25) is 0 Å². The summed E-state index contributed by atoms with van der Waals surface area (Å²) in [7, 11) is 0. The Kier molecular flexibility index (Phi) is 3.41. The molecule has 0 spiro atoms. The lowest BCUT2D eigenvalue weighted by molar-refractivity contribution is -0.137. The number of halogens is 3. The van der Waals surface area contributed by atoms with Crippen molar-refractivity contribution in [1.82, 2.24) is 5.32 Å². The number of hydrogen-bond acceptors (Lipinski definition) is 1. The zero-order valence-corrected chi connectivity index (χ0v) is 9.30. The van der Waals surface area contributed by atoms with E-state index in [1.807, 2.05) is 12.3 Å². The Morgan fingerprint density at radius 1 is 1.12 bits per heavy atom. The highest BCUT2D eigenvalue weighted by Crippen LogP contribution is 2.30. The maximum atomic E-state index is 12.4. The van der Waals surface area contributed by atoms with Crippen molar-refractivity contribution in [2.24, 2.45) is 0 Å². The molecule has 1 heterocycles. The molecule has 0 saturated carbocycles. The molecule has 0 saturated heterocycles. The summed E-state index contributed by atoms with van der Waals surface area (Å²) in [5.74, 6) is 0. The van der Waals surface area contributed by atoms with Gasteiger partial charge in [0.1, 0.15) is 0 Å². The molecule has 1 aromatic rings. The Morgan fingerprint density at radius 2 is 1.82 bits per heavy atom. The summed E-state index contributed by atoms with van der Waals surface area (Å²) in [6.45, 7) is 0. The Labute approximate surface area is 98.3 Å². The number of benzene rings is 1. The Hall–Kier alpha value is -1.45. The summed E-state index contributed by atoms with van der Waals surface area (Å²) in [4.78, 5) is 0. The van der Waals surface area contributed by atoms with E-state index in [4.69, 9.17) is 0 Å². The minimum atomic E-state index is -4.25. The molecule has 0 bridgehead atoms. The molecular formula is C13H14F3N. The predicted octanol–water partition coefficient (Wildman–Crippen LogP) is 4.03. The second kappa shape index (κ2) is 4.82. The van der Waals surface area contributed by atoms with Gasteiger partial charge in [0.2, 0.25) is 0 Å². The van der Waals surface area contributed by atoms with Crippen molar-refractivity contribution >= 4 is 0 Å². The van der Waals surface area contributed by atoms with E-state index in [1.54, 1.807) is 12.1 Å². The van der Waals surface area contributed by atoms with Crippen molar-refractivity contribution < 1.29 is 13.2 Å². The molecule has 1 aliphatic rings. The van der Waals surface area contributed by atoms with Crippen LogP contribution in [0.25, 0.3) is 0 Å². The average Bonchev–Trinajstić information content (AvgIpc) is 2.56. The third-order valence-corrected chi connectivity index (χ3v) is 2.92. The molecule has 1 aromatic carbocycles. The van der Waals surface area contributed by atoms with Crippen LogP contribution in [0.15, 0.2) is 36.5 Å². The lowest BCUT2D eigenvalue weighted by Gasteiger charge is -2.16. The van der Waals surface area contributed by atoms with Gasteiger partial charge in [-0.2, -0.15) is 13.2 Å². The van der Waals surface area contributed by atoms with Gasteiger partial charge >= 0.3 is 6.18 Å². The van der Waals surface area contributed by atoms with Crippen LogP contribution < -0.4 is 5.32 Å². The van der Waals surface area contributed by atoms with Gasteiger partial charge in [0.25, 0.3) is 0 Å². The second-order valence-corrected chi connectivity index (χ2v) is 4.17. The molecule has 0 amide bonds. The van der Waals surface area contributed by atoms with E-state index < -0.39 is 11.7 Å². The summed E-state index contributed by atoms with van der Waals surface area (Å²) >= 11 is 0. The summed E-state index contributed by atoms with van der Waals surface area (Å²) in [6.07, 6.45) is 2.69. The van der Waals surface area contributed by atoms with Gasteiger partial charge in [-0.1, -0.05) is 18.2 Å². The fourth-order valence-corrected chi connectivity index (χ4v) is 1.96. The van der Waals surface area contributed by atoms with Gasteiger partial charge in [-0.05, 0) is 43.2 Å². The van der Waals surface area contributed by atoms with Crippen LogP contribution in [-0.4, -0.2) is 0 Å². The Morgan fingerprint density at radius 3 is 2.47 bits per heavy atom. The zero-order valence-electron chi connectivity index (χ0n) is 9.30. The molecule has 1 nitrogen and oxygen atoms in total. The number of allylic oxidation sites excluding steroid dienone is 1. The molecule has 1 N–H and O–H groups in total.